The van der Waals surface area contributed by atoms with Crippen molar-refractivity contribution in [3.63, 3.8) is 0 Å². The molecular formula is C38H62N6. The second-order valence-corrected chi connectivity index (χ2v) is 15.3. The summed E-state index contributed by atoms with van der Waals surface area (Å²) in [5.41, 5.74) is 2.63. The summed E-state index contributed by atoms with van der Waals surface area (Å²) < 4.78 is 0. The van der Waals surface area contributed by atoms with Crippen molar-refractivity contribution in [2.45, 2.75) is 93.4 Å². The highest BCUT2D eigenvalue weighted by atomic mass is 15.3. The van der Waals surface area contributed by atoms with Crippen LogP contribution in [0.5, 0.6) is 0 Å². The number of piperazine rings is 1. The van der Waals surface area contributed by atoms with Crippen LogP contribution in [0.15, 0.2) is 29.9 Å². The van der Waals surface area contributed by atoms with E-state index in [1.165, 1.54) is 45.1 Å². The number of aromatic nitrogens is 2. The quantitative estimate of drug-likeness (QED) is 0.256. The smallest absolute Gasteiger partial charge is 0.229 e. The van der Waals surface area contributed by atoms with Gasteiger partial charge in [0.25, 0.3) is 0 Å². The van der Waals surface area contributed by atoms with Crippen molar-refractivity contribution in [2.75, 3.05) is 73.6 Å². The van der Waals surface area contributed by atoms with Gasteiger partial charge in [0.2, 0.25) is 5.95 Å². The summed E-state index contributed by atoms with van der Waals surface area (Å²) in [6, 6.07) is 2.24. The van der Waals surface area contributed by atoms with Gasteiger partial charge in [-0.05, 0) is 114 Å². The van der Waals surface area contributed by atoms with Crippen LogP contribution in [0, 0.1) is 40.4 Å². The molecule has 0 aromatic carbocycles. The molecular weight excluding hydrogens is 540 g/mol. The van der Waals surface area contributed by atoms with Crippen molar-refractivity contribution < 1.29 is 0 Å². The van der Waals surface area contributed by atoms with Gasteiger partial charge in [0.15, 0.2) is 0 Å². The molecule has 0 bridgehead atoms. The molecule has 44 heavy (non-hydrogen) atoms. The number of rotatable bonds is 10. The molecule has 7 atom stereocenters. The van der Waals surface area contributed by atoms with Crippen molar-refractivity contribution in [1.29, 1.82) is 0 Å². The van der Waals surface area contributed by atoms with Crippen LogP contribution >= 0.6 is 0 Å². The summed E-state index contributed by atoms with van der Waals surface area (Å²) >= 11 is 0. The minimum atomic E-state index is 0.339. The fourth-order valence-corrected chi connectivity index (χ4v) is 10.9. The maximum atomic E-state index is 5.10. The first-order valence-corrected chi connectivity index (χ1v) is 18.5. The van der Waals surface area contributed by atoms with Crippen molar-refractivity contribution in [3.05, 3.63) is 29.9 Å². The van der Waals surface area contributed by atoms with Gasteiger partial charge in [0.05, 0.1) is 0 Å². The van der Waals surface area contributed by atoms with Crippen LogP contribution in [0.1, 0.15) is 93.4 Å². The van der Waals surface area contributed by atoms with Crippen LogP contribution in [0.4, 0.5) is 17.6 Å². The second-order valence-electron chi connectivity index (χ2n) is 15.3. The van der Waals surface area contributed by atoms with Crippen LogP contribution in [0.25, 0.3) is 0 Å². The predicted octanol–water partition coefficient (Wildman–Crippen LogP) is 7.67. The lowest BCUT2D eigenvalue weighted by Gasteiger charge is -2.57. The monoisotopic (exact) mass is 603 g/mol. The fourth-order valence-electron chi connectivity index (χ4n) is 10.9. The van der Waals surface area contributed by atoms with E-state index >= 15 is 0 Å². The van der Waals surface area contributed by atoms with E-state index in [9.17, 15) is 0 Å². The highest BCUT2D eigenvalue weighted by Crippen LogP contribution is 2.67. The minimum Gasteiger partial charge on any atom is -0.357 e. The summed E-state index contributed by atoms with van der Waals surface area (Å²) in [4.78, 5) is 20.0. The van der Waals surface area contributed by atoms with Crippen molar-refractivity contribution in [2.24, 2.45) is 40.4 Å². The standard InChI is InChI=1S/C38H62N6/c1-8-42(9-2)34-27-35(40-36(39-34)43(10-3)11-4)44-24-22-41(23-25-44)21-18-31-28(5)26-33-30-16-15-29-14-12-13-19-37(29,6)32(30)17-20-38(31,33)7/h13-14,19,27-28,30-33H,8-12,15-18,20-26H2,1-7H3/t28-,30-,31+,32+,33+,37+,38-/m1/s1. The van der Waals surface area contributed by atoms with Crippen LogP contribution < -0.4 is 14.7 Å². The molecule has 4 aliphatic carbocycles. The number of fused-ring (bicyclic) bond motifs is 5. The topological polar surface area (TPSA) is 38.7 Å². The lowest BCUT2D eigenvalue weighted by molar-refractivity contribution is -0.0373. The Hall–Kier alpha value is -2.08. The predicted molar refractivity (Wildman–Crippen MR) is 187 cm³/mol. The Morgan fingerprint density at radius 3 is 2.34 bits per heavy atom. The molecule has 1 aromatic rings. The first-order chi connectivity index (χ1) is 21.2. The third-order valence-corrected chi connectivity index (χ3v) is 13.5. The summed E-state index contributed by atoms with van der Waals surface area (Å²) in [6.07, 6.45) is 17.3. The summed E-state index contributed by atoms with van der Waals surface area (Å²) in [7, 11) is 0. The van der Waals surface area contributed by atoms with Crippen molar-refractivity contribution in [3.8, 4) is 0 Å². The molecule has 4 fully saturated rings. The van der Waals surface area contributed by atoms with E-state index < -0.39 is 0 Å². The van der Waals surface area contributed by atoms with Crippen LogP contribution in [0.2, 0.25) is 0 Å². The van der Waals surface area contributed by atoms with Gasteiger partial charge >= 0.3 is 0 Å². The van der Waals surface area contributed by atoms with Gasteiger partial charge in [-0.25, -0.2) is 0 Å². The fraction of sp³-hybridized carbons (Fsp3) is 0.789. The lowest BCUT2D eigenvalue weighted by atomic mass is 9.47. The van der Waals surface area contributed by atoms with E-state index in [0.29, 0.717) is 10.8 Å². The maximum Gasteiger partial charge on any atom is 0.229 e. The lowest BCUT2D eigenvalue weighted by Crippen LogP contribution is -2.50. The molecule has 6 nitrogen and oxygen atoms in total. The summed E-state index contributed by atoms with van der Waals surface area (Å²) in [5.74, 6) is 7.48. The Morgan fingerprint density at radius 1 is 0.909 bits per heavy atom. The van der Waals surface area contributed by atoms with E-state index in [1.54, 1.807) is 5.57 Å². The first kappa shape index (κ1) is 31.9. The first-order valence-electron chi connectivity index (χ1n) is 18.5. The molecule has 244 valence electrons. The van der Waals surface area contributed by atoms with Gasteiger partial charge in [-0.1, -0.05) is 44.6 Å². The van der Waals surface area contributed by atoms with Crippen LogP contribution in [-0.4, -0.2) is 73.8 Å². The molecule has 1 aromatic heterocycles. The Labute approximate surface area is 269 Å². The molecule has 6 rings (SSSR count). The molecule has 1 aliphatic heterocycles. The van der Waals surface area contributed by atoms with E-state index in [4.69, 9.17) is 9.97 Å². The van der Waals surface area contributed by atoms with E-state index in [0.717, 1.165) is 106 Å². The molecule has 2 heterocycles. The van der Waals surface area contributed by atoms with Gasteiger partial charge in [-0.15, -0.1) is 0 Å². The van der Waals surface area contributed by atoms with E-state index in [1.807, 2.05) is 0 Å². The number of nitrogens with zero attached hydrogens (tertiary/aromatic N) is 6. The normalized spacial score (nSPS) is 35.1. The zero-order chi connectivity index (χ0) is 31.1. The van der Waals surface area contributed by atoms with Crippen molar-refractivity contribution in [1.82, 2.24) is 14.9 Å². The highest BCUT2D eigenvalue weighted by molar-refractivity contribution is 5.56. The summed E-state index contributed by atoms with van der Waals surface area (Å²) in [5, 5.41) is 0. The number of allylic oxidation sites excluding steroid dienone is 4. The third kappa shape index (κ3) is 5.60. The zero-order valence-corrected chi connectivity index (χ0v) is 29.2. The zero-order valence-electron chi connectivity index (χ0n) is 29.2. The molecule has 3 saturated carbocycles. The van der Waals surface area contributed by atoms with Gasteiger partial charge in [-0.2, -0.15) is 9.97 Å². The Bertz CT molecular complexity index is 1160. The summed E-state index contributed by atoms with van der Waals surface area (Å²) in [6.45, 7) is 26.2. The Kier molecular flexibility index (Phi) is 9.40. The average molecular weight is 603 g/mol. The second kappa shape index (κ2) is 13.0. The number of anilines is 3. The highest BCUT2D eigenvalue weighted by Gasteiger charge is 2.59. The average Bonchev–Trinajstić information content (AvgIpc) is 3.30. The molecule has 0 unspecified atom stereocenters. The largest absolute Gasteiger partial charge is 0.357 e. The molecule has 0 radical (unpaired) electrons. The van der Waals surface area contributed by atoms with Gasteiger partial charge < -0.3 is 14.7 Å². The molecule has 5 aliphatic rings. The van der Waals surface area contributed by atoms with Crippen LogP contribution in [-0.2, 0) is 0 Å². The molecule has 0 amide bonds. The number of hydrogen-bond acceptors (Lipinski definition) is 6. The van der Waals surface area contributed by atoms with Gasteiger partial charge in [0.1, 0.15) is 11.6 Å². The Morgan fingerprint density at radius 2 is 1.64 bits per heavy atom. The molecule has 0 N–H and O–H groups in total. The minimum absolute atomic E-state index is 0.339. The molecule has 0 spiro atoms. The van der Waals surface area contributed by atoms with Gasteiger partial charge in [0, 0.05) is 63.8 Å². The van der Waals surface area contributed by atoms with E-state index in [2.05, 4.69) is 92.4 Å². The Balaban J connectivity index is 1.09. The van der Waals surface area contributed by atoms with Crippen molar-refractivity contribution >= 4 is 17.6 Å². The van der Waals surface area contributed by atoms with E-state index in [-0.39, 0.29) is 0 Å². The molecule has 1 saturated heterocycles. The van der Waals surface area contributed by atoms with Gasteiger partial charge in [-0.3, -0.25) is 4.90 Å². The maximum absolute atomic E-state index is 5.10. The molecule has 6 heteroatoms. The van der Waals surface area contributed by atoms with Crippen LogP contribution in [0.3, 0.4) is 0 Å². The third-order valence-electron chi connectivity index (χ3n) is 13.5. The number of hydrogen-bond donors (Lipinski definition) is 0. The SMILES string of the molecule is CCN(CC)c1cc(N2CCN(CC[C@H]3[C@H](C)C[C@H]4[C@@H]5CCC6=CCC=C[C@]6(C)[C@H]5CC[C@@]43C)CC2)nc(N(CC)CC)n1.